The van der Waals surface area contributed by atoms with E-state index in [2.05, 4.69) is 103 Å². The van der Waals surface area contributed by atoms with E-state index in [4.69, 9.17) is 0 Å². The molecule has 3 aromatic carbocycles. The topological polar surface area (TPSA) is 59.0 Å². The first-order valence-corrected chi connectivity index (χ1v) is 11.6. The van der Waals surface area contributed by atoms with Crippen molar-refractivity contribution in [2.45, 2.75) is 51.2 Å². The highest BCUT2D eigenvalue weighted by atomic mass is 16.1. The molecule has 0 spiro atoms. The minimum Gasteiger partial charge on any atom is -0.363 e. The van der Waals surface area contributed by atoms with Gasteiger partial charge in [-0.1, -0.05) is 72.8 Å². The summed E-state index contributed by atoms with van der Waals surface area (Å²) in [6.45, 7) is 6.29. The first-order chi connectivity index (χ1) is 15.9. The monoisotopic (exact) mass is 438 g/mol. The lowest BCUT2D eigenvalue weighted by Crippen LogP contribution is -2.45. The van der Waals surface area contributed by atoms with E-state index in [0.717, 1.165) is 18.7 Å². The Labute approximate surface area is 194 Å². The number of hydrogen-bond donors (Lipinski definition) is 2. The van der Waals surface area contributed by atoms with Crippen molar-refractivity contribution in [1.82, 2.24) is 15.1 Å². The number of hydrogen-bond acceptors (Lipinski definition) is 3. The van der Waals surface area contributed by atoms with Crippen LogP contribution in [0.2, 0.25) is 0 Å². The van der Waals surface area contributed by atoms with Crippen LogP contribution in [0.5, 0.6) is 0 Å². The van der Waals surface area contributed by atoms with Crippen LogP contribution < -0.4 is 10.6 Å². The highest BCUT2D eigenvalue weighted by molar-refractivity contribution is 5.99. The minimum atomic E-state index is -0.409. The average molecular weight is 439 g/mol. The summed E-state index contributed by atoms with van der Waals surface area (Å²) >= 11 is 0. The van der Waals surface area contributed by atoms with E-state index >= 15 is 0 Å². The minimum absolute atomic E-state index is 0.101. The van der Waals surface area contributed by atoms with Gasteiger partial charge in [0.1, 0.15) is 11.4 Å². The summed E-state index contributed by atoms with van der Waals surface area (Å²) in [6.07, 6.45) is 3.35. The molecule has 5 rings (SSSR count). The molecule has 0 aliphatic carbocycles. The molecule has 0 bridgehead atoms. The van der Waals surface area contributed by atoms with Gasteiger partial charge in [-0.15, -0.1) is 0 Å². The second-order valence-electron chi connectivity index (χ2n) is 9.74. The molecule has 0 fully saturated rings. The summed E-state index contributed by atoms with van der Waals surface area (Å²) in [6, 6.07) is 25.6. The smallest absolute Gasteiger partial charge is 0.257 e. The van der Waals surface area contributed by atoms with Crippen LogP contribution in [-0.2, 0) is 6.42 Å². The number of carbonyl (C=O) groups excluding carboxylic acids is 1. The number of fused-ring (bicyclic) bond motifs is 2. The third kappa shape index (κ3) is 4.36. The van der Waals surface area contributed by atoms with Gasteiger partial charge < -0.3 is 10.6 Å². The third-order valence-electron chi connectivity index (χ3n) is 6.46. The molecule has 1 aliphatic rings. The van der Waals surface area contributed by atoms with Gasteiger partial charge >= 0.3 is 0 Å². The van der Waals surface area contributed by atoms with Gasteiger partial charge in [0.25, 0.3) is 5.91 Å². The van der Waals surface area contributed by atoms with E-state index in [-0.39, 0.29) is 18.0 Å². The molecule has 1 aromatic heterocycles. The molecule has 168 valence electrons. The number of nitrogens with one attached hydrogen (secondary N) is 2. The van der Waals surface area contributed by atoms with Crippen molar-refractivity contribution in [3.8, 4) is 0 Å². The van der Waals surface area contributed by atoms with Crippen LogP contribution in [0.15, 0.2) is 79.0 Å². The lowest BCUT2D eigenvalue weighted by molar-refractivity contribution is 0.0913. The lowest BCUT2D eigenvalue weighted by atomic mass is 9.93. The average Bonchev–Trinajstić information content (AvgIpc) is 3.24. The molecule has 0 radical (unpaired) electrons. The third-order valence-corrected chi connectivity index (χ3v) is 6.46. The van der Waals surface area contributed by atoms with Crippen LogP contribution in [0.4, 0.5) is 5.82 Å². The van der Waals surface area contributed by atoms with E-state index in [0.29, 0.717) is 5.56 Å². The second-order valence-corrected chi connectivity index (χ2v) is 9.74. The molecule has 4 aromatic rings. The van der Waals surface area contributed by atoms with E-state index in [1.54, 1.807) is 6.20 Å². The second kappa shape index (κ2) is 8.39. The molecule has 2 N–H and O–H groups in total. The maximum absolute atomic E-state index is 13.3. The predicted molar refractivity (Wildman–Crippen MR) is 134 cm³/mol. The summed E-state index contributed by atoms with van der Waals surface area (Å²) < 4.78 is 1.94. The maximum atomic E-state index is 13.3. The van der Waals surface area contributed by atoms with Crippen molar-refractivity contribution in [3.63, 3.8) is 0 Å². The van der Waals surface area contributed by atoms with Crippen molar-refractivity contribution in [3.05, 3.63) is 95.7 Å². The Kier molecular flexibility index (Phi) is 5.41. The maximum Gasteiger partial charge on any atom is 0.257 e. The van der Waals surface area contributed by atoms with Crippen LogP contribution in [0, 0.1) is 0 Å². The summed E-state index contributed by atoms with van der Waals surface area (Å²) in [5, 5.41) is 13.8. The molecule has 0 saturated heterocycles. The molecular formula is C28H30N4O. The van der Waals surface area contributed by atoms with Gasteiger partial charge in [-0.05, 0) is 55.5 Å². The zero-order chi connectivity index (χ0) is 23.0. The van der Waals surface area contributed by atoms with Crippen molar-refractivity contribution in [2.75, 3.05) is 5.32 Å². The first-order valence-electron chi connectivity index (χ1n) is 11.6. The first kappa shape index (κ1) is 21.3. The number of aromatic nitrogens is 2. The highest BCUT2D eigenvalue weighted by Crippen LogP contribution is 2.36. The van der Waals surface area contributed by atoms with Gasteiger partial charge in [-0.3, -0.25) is 4.79 Å². The molecule has 5 nitrogen and oxygen atoms in total. The summed E-state index contributed by atoms with van der Waals surface area (Å²) in [7, 11) is 0. The number of nitrogens with zero attached hydrogens (tertiary/aromatic N) is 2. The Balaban J connectivity index is 1.34. The van der Waals surface area contributed by atoms with Gasteiger partial charge in [-0.2, -0.15) is 5.10 Å². The molecule has 0 saturated carbocycles. The van der Waals surface area contributed by atoms with Crippen molar-refractivity contribution in [2.24, 2.45) is 0 Å². The van der Waals surface area contributed by atoms with Crippen LogP contribution in [0.3, 0.4) is 0 Å². The summed E-state index contributed by atoms with van der Waals surface area (Å²) in [5.41, 5.74) is 2.61. The standard InChI is InChI=1S/C28H30N4O/c1-19-15-25(22-10-5-4-6-11-22)30-26-24(18-29-32(19)26)27(33)31-28(2,3)17-20-13-14-21-9-7-8-12-23(21)16-20/h4-14,16,18-19,25,30H,15,17H2,1-3H3,(H,31,33). The number of carbonyl (C=O) groups is 1. The van der Waals surface area contributed by atoms with E-state index in [1.165, 1.54) is 21.9 Å². The largest absolute Gasteiger partial charge is 0.363 e. The molecule has 2 heterocycles. The fraction of sp³-hybridized carbons (Fsp3) is 0.286. The van der Waals surface area contributed by atoms with Gasteiger partial charge in [0, 0.05) is 5.54 Å². The van der Waals surface area contributed by atoms with Gasteiger partial charge in [-0.25, -0.2) is 4.68 Å². The Hall–Kier alpha value is -3.60. The van der Waals surface area contributed by atoms with Crippen LogP contribution >= 0.6 is 0 Å². The van der Waals surface area contributed by atoms with E-state index in [9.17, 15) is 4.79 Å². The molecule has 5 heteroatoms. The highest BCUT2D eigenvalue weighted by Gasteiger charge is 2.31. The number of benzene rings is 3. The quantitative estimate of drug-likeness (QED) is 0.407. The van der Waals surface area contributed by atoms with Gasteiger partial charge in [0.2, 0.25) is 0 Å². The van der Waals surface area contributed by atoms with E-state index in [1.807, 2.05) is 10.7 Å². The molecular weight excluding hydrogens is 408 g/mol. The number of rotatable bonds is 5. The number of amides is 1. The van der Waals surface area contributed by atoms with Gasteiger partial charge in [0.05, 0.1) is 18.3 Å². The predicted octanol–water partition coefficient (Wildman–Crippen LogP) is 5.91. The van der Waals surface area contributed by atoms with E-state index < -0.39 is 5.54 Å². The lowest BCUT2D eigenvalue weighted by Gasteiger charge is -2.32. The fourth-order valence-corrected chi connectivity index (χ4v) is 4.85. The Morgan fingerprint density at radius 3 is 2.58 bits per heavy atom. The van der Waals surface area contributed by atoms with Crippen LogP contribution in [0.1, 0.15) is 60.8 Å². The molecule has 1 amide bonds. The Morgan fingerprint density at radius 2 is 1.79 bits per heavy atom. The zero-order valence-corrected chi connectivity index (χ0v) is 19.4. The van der Waals surface area contributed by atoms with Crippen LogP contribution in [0.25, 0.3) is 10.8 Å². The summed E-state index contributed by atoms with van der Waals surface area (Å²) in [4.78, 5) is 13.3. The van der Waals surface area contributed by atoms with Crippen LogP contribution in [-0.4, -0.2) is 21.2 Å². The summed E-state index contributed by atoms with van der Waals surface area (Å²) in [5.74, 6) is 0.692. The number of anilines is 1. The molecule has 33 heavy (non-hydrogen) atoms. The Bertz CT molecular complexity index is 1290. The van der Waals surface area contributed by atoms with Crippen molar-refractivity contribution >= 4 is 22.5 Å². The fourth-order valence-electron chi connectivity index (χ4n) is 4.85. The SMILES string of the molecule is CC1CC(c2ccccc2)Nc2c(C(=O)NC(C)(C)Cc3ccc4ccccc4c3)cnn21. The van der Waals surface area contributed by atoms with Crippen molar-refractivity contribution in [1.29, 1.82) is 0 Å². The van der Waals surface area contributed by atoms with Gasteiger partial charge in [0.15, 0.2) is 0 Å². The molecule has 2 atom stereocenters. The normalized spacial score (nSPS) is 17.9. The zero-order valence-electron chi connectivity index (χ0n) is 19.4. The molecule has 1 aliphatic heterocycles. The Morgan fingerprint density at radius 1 is 1.06 bits per heavy atom. The van der Waals surface area contributed by atoms with Crippen molar-refractivity contribution < 1.29 is 4.79 Å². The molecule has 2 unspecified atom stereocenters.